The minimum absolute atomic E-state index is 0.0893. The fraction of sp³-hybridized carbons (Fsp3) is 0.385. The zero-order valence-corrected chi connectivity index (χ0v) is 11.9. The average Bonchev–Trinajstić information content (AvgIpc) is 2.41. The van der Waals surface area contributed by atoms with E-state index < -0.39 is 5.97 Å². The number of aromatic carboxylic acids is 1. The highest BCUT2D eigenvalue weighted by Gasteiger charge is 2.22. The van der Waals surface area contributed by atoms with E-state index in [4.69, 9.17) is 5.11 Å². The number of anilines is 1. The minimum atomic E-state index is -1.06. The molecule has 0 spiro atoms. The normalized spacial score (nSPS) is 18.9. The lowest BCUT2D eigenvalue weighted by Gasteiger charge is -2.22. The van der Waals surface area contributed by atoms with Gasteiger partial charge in [-0.1, -0.05) is 15.9 Å². The first-order valence-corrected chi connectivity index (χ1v) is 6.91. The predicted molar refractivity (Wildman–Crippen MR) is 75.3 cm³/mol. The van der Waals surface area contributed by atoms with Crippen molar-refractivity contribution >= 4 is 33.5 Å². The highest BCUT2D eigenvalue weighted by atomic mass is 79.9. The standard InChI is InChI=1S/C13H15BrN2O3/c14-9-3-4-11(10(6-9)13(18)19)16-12(17)8-2-1-5-15-7-8/h3-4,6,8,15H,1-2,5,7H2,(H,16,17)(H,18,19)/t8-/m0/s1. The Kier molecular flexibility index (Phi) is 4.55. The van der Waals surface area contributed by atoms with Gasteiger partial charge in [0.25, 0.3) is 0 Å². The molecule has 102 valence electrons. The minimum Gasteiger partial charge on any atom is -0.478 e. The number of carboxylic acids is 1. The number of carbonyl (C=O) groups excluding carboxylic acids is 1. The zero-order valence-electron chi connectivity index (χ0n) is 10.3. The molecule has 1 saturated heterocycles. The first kappa shape index (κ1) is 14.0. The van der Waals surface area contributed by atoms with Crippen LogP contribution in [0.2, 0.25) is 0 Å². The van der Waals surface area contributed by atoms with Gasteiger partial charge >= 0.3 is 5.97 Å². The highest BCUT2D eigenvalue weighted by molar-refractivity contribution is 9.10. The molecule has 0 radical (unpaired) electrons. The Labute approximate surface area is 119 Å². The van der Waals surface area contributed by atoms with Gasteiger partial charge in [-0.05, 0) is 37.6 Å². The Balaban J connectivity index is 2.13. The predicted octanol–water partition coefficient (Wildman–Crippen LogP) is 2.09. The summed E-state index contributed by atoms with van der Waals surface area (Å²) in [5.41, 5.74) is 0.428. The van der Waals surface area contributed by atoms with Gasteiger partial charge in [-0.25, -0.2) is 4.79 Å². The van der Waals surface area contributed by atoms with E-state index in [1.54, 1.807) is 12.1 Å². The second-order valence-electron chi connectivity index (χ2n) is 4.53. The quantitative estimate of drug-likeness (QED) is 0.794. The highest BCUT2D eigenvalue weighted by Crippen LogP contribution is 2.22. The van der Waals surface area contributed by atoms with Crippen molar-refractivity contribution in [1.29, 1.82) is 0 Å². The van der Waals surface area contributed by atoms with Crippen LogP contribution in [-0.2, 0) is 4.79 Å². The summed E-state index contributed by atoms with van der Waals surface area (Å²) in [6.07, 6.45) is 1.79. The number of halogens is 1. The van der Waals surface area contributed by atoms with Gasteiger partial charge in [-0.3, -0.25) is 4.79 Å². The van der Waals surface area contributed by atoms with E-state index in [0.717, 1.165) is 19.4 Å². The summed E-state index contributed by atoms with van der Waals surface area (Å²) in [7, 11) is 0. The third-order valence-electron chi connectivity index (χ3n) is 3.14. The lowest BCUT2D eigenvalue weighted by Crippen LogP contribution is -2.37. The van der Waals surface area contributed by atoms with Crippen LogP contribution < -0.4 is 10.6 Å². The Morgan fingerprint density at radius 2 is 2.21 bits per heavy atom. The molecule has 0 aromatic heterocycles. The molecule has 1 heterocycles. The maximum Gasteiger partial charge on any atom is 0.337 e. The van der Waals surface area contributed by atoms with Gasteiger partial charge in [-0.15, -0.1) is 0 Å². The van der Waals surface area contributed by atoms with E-state index in [0.29, 0.717) is 16.7 Å². The summed E-state index contributed by atoms with van der Waals surface area (Å²) >= 11 is 3.22. The van der Waals surface area contributed by atoms with Crippen LogP contribution in [0, 0.1) is 5.92 Å². The van der Waals surface area contributed by atoms with Crippen LogP contribution in [0.4, 0.5) is 5.69 Å². The number of piperidine rings is 1. The number of carboxylic acid groups (broad SMARTS) is 1. The third-order valence-corrected chi connectivity index (χ3v) is 3.63. The summed E-state index contributed by atoms with van der Waals surface area (Å²) in [6.45, 7) is 1.58. The molecule has 0 unspecified atom stereocenters. The molecule has 19 heavy (non-hydrogen) atoms. The third kappa shape index (κ3) is 3.54. The van der Waals surface area contributed by atoms with E-state index in [-0.39, 0.29) is 17.4 Å². The molecule has 1 aromatic carbocycles. The summed E-state index contributed by atoms with van der Waals surface area (Å²) in [5, 5.41) is 15.0. The summed E-state index contributed by atoms with van der Waals surface area (Å²) in [4.78, 5) is 23.2. The van der Waals surface area contributed by atoms with Gasteiger partial charge in [0.05, 0.1) is 17.2 Å². The summed E-state index contributed by atoms with van der Waals surface area (Å²) in [5.74, 6) is -1.28. The van der Waals surface area contributed by atoms with E-state index in [2.05, 4.69) is 26.6 Å². The van der Waals surface area contributed by atoms with Gasteiger partial charge in [-0.2, -0.15) is 0 Å². The largest absolute Gasteiger partial charge is 0.478 e. The smallest absolute Gasteiger partial charge is 0.337 e. The van der Waals surface area contributed by atoms with Gasteiger partial charge in [0.15, 0.2) is 0 Å². The van der Waals surface area contributed by atoms with Crippen LogP contribution in [0.15, 0.2) is 22.7 Å². The number of nitrogens with one attached hydrogen (secondary N) is 2. The molecule has 6 heteroatoms. The average molecular weight is 327 g/mol. The topological polar surface area (TPSA) is 78.4 Å². The number of benzene rings is 1. The number of amides is 1. The number of hydrogen-bond acceptors (Lipinski definition) is 3. The molecule has 1 atom stereocenters. The van der Waals surface area contributed by atoms with Crippen LogP contribution in [0.1, 0.15) is 23.2 Å². The van der Waals surface area contributed by atoms with Crippen molar-refractivity contribution in [2.24, 2.45) is 5.92 Å². The van der Waals surface area contributed by atoms with Crippen molar-refractivity contribution in [2.75, 3.05) is 18.4 Å². The molecule has 1 fully saturated rings. The molecule has 0 saturated carbocycles. The zero-order chi connectivity index (χ0) is 13.8. The molecule has 1 aliphatic heterocycles. The van der Waals surface area contributed by atoms with E-state index in [9.17, 15) is 9.59 Å². The first-order valence-electron chi connectivity index (χ1n) is 6.12. The van der Waals surface area contributed by atoms with Crippen LogP contribution in [0.25, 0.3) is 0 Å². The second-order valence-corrected chi connectivity index (χ2v) is 5.44. The Bertz CT molecular complexity index is 499. The van der Waals surface area contributed by atoms with E-state index in [1.165, 1.54) is 6.07 Å². The van der Waals surface area contributed by atoms with Crippen molar-refractivity contribution in [1.82, 2.24) is 5.32 Å². The summed E-state index contributed by atoms with van der Waals surface area (Å²) < 4.78 is 0.669. The fourth-order valence-corrected chi connectivity index (χ4v) is 2.47. The van der Waals surface area contributed by atoms with Gasteiger partial charge in [0.2, 0.25) is 5.91 Å². The Hall–Kier alpha value is -1.40. The Morgan fingerprint density at radius 3 is 2.84 bits per heavy atom. The van der Waals surface area contributed by atoms with Crippen molar-refractivity contribution in [2.45, 2.75) is 12.8 Å². The lowest BCUT2D eigenvalue weighted by molar-refractivity contribution is -0.120. The van der Waals surface area contributed by atoms with Crippen molar-refractivity contribution in [3.05, 3.63) is 28.2 Å². The monoisotopic (exact) mass is 326 g/mol. The molecule has 1 aliphatic rings. The molecular weight excluding hydrogens is 312 g/mol. The SMILES string of the molecule is O=C(O)c1cc(Br)ccc1NC(=O)[C@H]1CCCNC1. The van der Waals surface area contributed by atoms with E-state index >= 15 is 0 Å². The molecule has 2 rings (SSSR count). The molecular formula is C13H15BrN2O3. The van der Waals surface area contributed by atoms with Gasteiger partial charge in [0, 0.05) is 11.0 Å². The van der Waals surface area contributed by atoms with Crippen LogP contribution in [-0.4, -0.2) is 30.1 Å². The molecule has 0 bridgehead atoms. The number of carbonyl (C=O) groups is 2. The van der Waals surface area contributed by atoms with Gasteiger partial charge < -0.3 is 15.7 Å². The maximum absolute atomic E-state index is 12.1. The number of hydrogen-bond donors (Lipinski definition) is 3. The second kappa shape index (κ2) is 6.16. The first-order chi connectivity index (χ1) is 9.08. The molecule has 1 amide bonds. The molecule has 0 aliphatic carbocycles. The van der Waals surface area contributed by atoms with Crippen molar-refractivity contribution in [3.63, 3.8) is 0 Å². The molecule has 5 nitrogen and oxygen atoms in total. The summed E-state index contributed by atoms with van der Waals surface area (Å²) in [6, 6.07) is 4.79. The number of rotatable bonds is 3. The van der Waals surface area contributed by atoms with Gasteiger partial charge in [0.1, 0.15) is 0 Å². The van der Waals surface area contributed by atoms with Crippen molar-refractivity contribution in [3.8, 4) is 0 Å². The lowest BCUT2D eigenvalue weighted by atomic mass is 9.98. The van der Waals surface area contributed by atoms with Crippen LogP contribution in [0.5, 0.6) is 0 Å². The molecule has 1 aromatic rings. The molecule has 3 N–H and O–H groups in total. The fourth-order valence-electron chi connectivity index (χ4n) is 2.11. The maximum atomic E-state index is 12.1. The van der Waals surface area contributed by atoms with Crippen LogP contribution >= 0.6 is 15.9 Å². The van der Waals surface area contributed by atoms with Crippen LogP contribution in [0.3, 0.4) is 0 Å². The van der Waals surface area contributed by atoms with Crippen molar-refractivity contribution < 1.29 is 14.7 Å². The van der Waals surface area contributed by atoms with E-state index in [1.807, 2.05) is 0 Å². The Morgan fingerprint density at radius 1 is 1.42 bits per heavy atom.